The lowest BCUT2D eigenvalue weighted by atomic mass is 10.2. The SMILES string of the molecule is COc1nc(C2CC2)nc(C)c1C#N. The first-order chi connectivity index (χ1) is 6.76. The average Bonchev–Trinajstić information content (AvgIpc) is 2.99. The first-order valence-electron chi connectivity index (χ1n) is 4.59. The number of ether oxygens (including phenoxy) is 1. The van der Waals surface area contributed by atoms with Crippen molar-refractivity contribution in [2.24, 2.45) is 0 Å². The zero-order valence-electron chi connectivity index (χ0n) is 8.24. The molecule has 2 rings (SSSR count). The van der Waals surface area contributed by atoms with Gasteiger partial charge in [0.2, 0.25) is 5.88 Å². The van der Waals surface area contributed by atoms with Crippen LogP contribution in [0.25, 0.3) is 0 Å². The van der Waals surface area contributed by atoms with Crippen LogP contribution in [0.3, 0.4) is 0 Å². The number of hydrogen-bond acceptors (Lipinski definition) is 4. The Hall–Kier alpha value is -1.63. The molecule has 1 aromatic rings. The summed E-state index contributed by atoms with van der Waals surface area (Å²) >= 11 is 0. The van der Waals surface area contributed by atoms with E-state index in [4.69, 9.17) is 10.00 Å². The predicted octanol–water partition coefficient (Wildman–Crippen LogP) is 1.54. The van der Waals surface area contributed by atoms with Gasteiger partial charge >= 0.3 is 0 Å². The van der Waals surface area contributed by atoms with E-state index in [0.717, 1.165) is 18.7 Å². The molecule has 0 spiro atoms. The molecule has 0 aromatic carbocycles. The van der Waals surface area contributed by atoms with Crippen molar-refractivity contribution in [3.63, 3.8) is 0 Å². The predicted molar refractivity (Wildman–Crippen MR) is 50.0 cm³/mol. The molecule has 1 aliphatic rings. The van der Waals surface area contributed by atoms with Crippen molar-refractivity contribution in [2.75, 3.05) is 7.11 Å². The van der Waals surface area contributed by atoms with Crippen molar-refractivity contribution in [1.82, 2.24) is 9.97 Å². The molecule has 0 saturated heterocycles. The Labute approximate surface area is 82.6 Å². The number of methoxy groups -OCH3 is 1. The van der Waals surface area contributed by atoms with E-state index in [0.29, 0.717) is 23.1 Å². The summed E-state index contributed by atoms with van der Waals surface area (Å²) in [5.41, 5.74) is 1.15. The standard InChI is InChI=1S/C10H11N3O/c1-6-8(5-11)10(14-2)13-9(12-6)7-3-4-7/h7H,3-4H2,1-2H3. The van der Waals surface area contributed by atoms with Crippen molar-refractivity contribution in [3.8, 4) is 11.9 Å². The number of nitrogens with zero attached hydrogens (tertiary/aromatic N) is 3. The maximum absolute atomic E-state index is 8.87. The summed E-state index contributed by atoms with van der Waals surface area (Å²) in [6.07, 6.45) is 2.29. The quantitative estimate of drug-likeness (QED) is 0.708. The van der Waals surface area contributed by atoms with E-state index < -0.39 is 0 Å². The highest BCUT2D eigenvalue weighted by molar-refractivity contribution is 5.41. The van der Waals surface area contributed by atoms with Gasteiger partial charge in [0.05, 0.1) is 12.8 Å². The van der Waals surface area contributed by atoms with Crippen LogP contribution in [0, 0.1) is 18.3 Å². The summed E-state index contributed by atoms with van der Waals surface area (Å²) in [6.45, 7) is 1.81. The lowest BCUT2D eigenvalue weighted by Gasteiger charge is -2.06. The van der Waals surface area contributed by atoms with Gasteiger partial charge in [0.1, 0.15) is 17.5 Å². The molecule has 1 aromatic heterocycles. The highest BCUT2D eigenvalue weighted by atomic mass is 16.5. The van der Waals surface area contributed by atoms with Crippen LogP contribution in [0.15, 0.2) is 0 Å². The fourth-order valence-corrected chi connectivity index (χ4v) is 1.37. The largest absolute Gasteiger partial charge is 0.480 e. The highest BCUT2D eigenvalue weighted by Crippen LogP contribution is 2.39. The highest BCUT2D eigenvalue weighted by Gasteiger charge is 2.28. The minimum Gasteiger partial charge on any atom is -0.480 e. The summed E-state index contributed by atoms with van der Waals surface area (Å²) in [5.74, 6) is 1.70. The van der Waals surface area contributed by atoms with Crippen molar-refractivity contribution in [3.05, 3.63) is 17.1 Å². The Morgan fingerprint density at radius 3 is 2.64 bits per heavy atom. The zero-order chi connectivity index (χ0) is 10.1. The lowest BCUT2D eigenvalue weighted by molar-refractivity contribution is 0.392. The molecular formula is C10H11N3O. The Balaban J connectivity index is 2.50. The maximum atomic E-state index is 8.87. The first kappa shape index (κ1) is 8.95. The van der Waals surface area contributed by atoms with Crippen LogP contribution in [-0.2, 0) is 0 Å². The summed E-state index contributed by atoms with van der Waals surface area (Å²) < 4.78 is 5.06. The van der Waals surface area contributed by atoms with Crippen LogP contribution in [0.4, 0.5) is 0 Å². The molecule has 0 amide bonds. The minimum absolute atomic E-state index is 0.405. The number of nitriles is 1. The number of aryl methyl sites for hydroxylation is 1. The molecule has 14 heavy (non-hydrogen) atoms. The van der Waals surface area contributed by atoms with Gasteiger partial charge in [0, 0.05) is 5.92 Å². The van der Waals surface area contributed by atoms with Crippen molar-refractivity contribution in [1.29, 1.82) is 5.26 Å². The van der Waals surface area contributed by atoms with Gasteiger partial charge in [-0.2, -0.15) is 10.2 Å². The second kappa shape index (κ2) is 3.26. The smallest absolute Gasteiger partial charge is 0.235 e. The fraction of sp³-hybridized carbons (Fsp3) is 0.500. The van der Waals surface area contributed by atoms with Crippen LogP contribution in [0.5, 0.6) is 5.88 Å². The van der Waals surface area contributed by atoms with E-state index >= 15 is 0 Å². The number of rotatable bonds is 2. The molecule has 0 unspecified atom stereocenters. The maximum Gasteiger partial charge on any atom is 0.235 e. The third-order valence-corrected chi connectivity index (χ3v) is 2.32. The average molecular weight is 189 g/mol. The van der Waals surface area contributed by atoms with Gasteiger partial charge in [-0.25, -0.2) is 4.98 Å². The molecule has 0 N–H and O–H groups in total. The van der Waals surface area contributed by atoms with Crippen molar-refractivity contribution in [2.45, 2.75) is 25.7 Å². The van der Waals surface area contributed by atoms with Gasteiger partial charge in [0.15, 0.2) is 0 Å². The molecule has 1 aliphatic carbocycles. The Morgan fingerprint density at radius 2 is 2.14 bits per heavy atom. The molecule has 0 aliphatic heterocycles. The second-order valence-electron chi connectivity index (χ2n) is 3.44. The molecule has 4 nitrogen and oxygen atoms in total. The van der Waals surface area contributed by atoms with Crippen LogP contribution in [0.2, 0.25) is 0 Å². The molecule has 0 radical (unpaired) electrons. The Kier molecular flexibility index (Phi) is 2.08. The van der Waals surface area contributed by atoms with Gasteiger partial charge in [-0.05, 0) is 19.8 Å². The van der Waals surface area contributed by atoms with Gasteiger partial charge < -0.3 is 4.74 Å². The summed E-state index contributed by atoms with van der Waals surface area (Å²) in [6, 6.07) is 2.05. The Morgan fingerprint density at radius 1 is 1.43 bits per heavy atom. The molecule has 72 valence electrons. The van der Waals surface area contributed by atoms with E-state index in [-0.39, 0.29) is 0 Å². The fourth-order valence-electron chi connectivity index (χ4n) is 1.37. The van der Waals surface area contributed by atoms with E-state index in [2.05, 4.69) is 16.0 Å². The van der Waals surface area contributed by atoms with E-state index in [9.17, 15) is 0 Å². The van der Waals surface area contributed by atoms with Crippen LogP contribution in [-0.4, -0.2) is 17.1 Å². The van der Waals surface area contributed by atoms with Gasteiger partial charge in [-0.1, -0.05) is 0 Å². The lowest BCUT2D eigenvalue weighted by Crippen LogP contribution is -2.02. The van der Waals surface area contributed by atoms with E-state index in [1.807, 2.05) is 6.92 Å². The summed E-state index contributed by atoms with van der Waals surface area (Å²) in [5, 5.41) is 8.87. The Bertz CT molecular complexity index is 405. The molecule has 1 fully saturated rings. The number of aromatic nitrogens is 2. The minimum atomic E-state index is 0.405. The normalized spacial score (nSPS) is 14.9. The van der Waals surface area contributed by atoms with Gasteiger partial charge in [-0.15, -0.1) is 0 Å². The monoisotopic (exact) mass is 189 g/mol. The van der Waals surface area contributed by atoms with Crippen molar-refractivity contribution >= 4 is 0 Å². The number of hydrogen-bond donors (Lipinski definition) is 0. The molecule has 1 heterocycles. The second-order valence-corrected chi connectivity index (χ2v) is 3.44. The summed E-state index contributed by atoms with van der Waals surface area (Å²) in [7, 11) is 1.53. The zero-order valence-corrected chi connectivity index (χ0v) is 8.24. The van der Waals surface area contributed by atoms with E-state index in [1.54, 1.807) is 0 Å². The third-order valence-electron chi connectivity index (χ3n) is 2.32. The topological polar surface area (TPSA) is 58.8 Å². The molecular weight excluding hydrogens is 178 g/mol. The molecule has 4 heteroatoms. The van der Waals surface area contributed by atoms with E-state index in [1.165, 1.54) is 7.11 Å². The van der Waals surface area contributed by atoms with Crippen LogP contribution < -0.4 is 4.74 Å². The first-order valence-corrected chi connectivity index (χ1v) is 4.59. The van der Waals surface area contributed by atoms with Gasteiger partial charge in [0.25, 0.3) is 0 Å². The summed E-state index contributed by atoms with van der Waals surface area (Å²) in [4.78, 5) is 8.53. The van der Waals surface area contributed by atoms with Crippen LogP contribution in [0.1, 0.15) is 35.8 Å². The third kappa shape index (κ3) is 1.41. The van der Waals surface area contributed by atoms with Crippen molar-refractivity contribution < 1.29 is 4.74 Å². The van der Waals surface area contributed by atoms with Crippen LogP contribution >= 0.6 is 0 Å². The molecule has 0 bridgehead atoms. The van der Waals surface area contributed by atoms with Gasteiger partial charge in [-0.3, -0.25) is 0 Å². The molecule has 1 saturated carbocycles. The molecule has 0 atom stereocenters.